The van der Waals surface area contributed by atoms with Crippen molar-refractivity contribution < 1.29 is 29.1 Å². The zero-order chi connectivity index (χ0) is 15.1. The first-order chi connectivity index (χ1) is 9.38. The molecule has 0 fully saturated rings. The number of nitrogens with zero attached hydrogens (tertiary/aromatic N) is 1. The van der Waals surface area contributed by atoms with Gasteiger partial charge in [0.15, 0.2) is 0 Å². The summed E-state index contributed by atoms with van der Waals surface area (Å²) in [5.41, 5.74) is 0.491. The van der Waals surface area contributed by atoms with Crippen LogP contribution in [-0.2, 0) is 20.9 Å². The van der Waals surface area contributed by atoms with Crippen molar-refractivity contribution in [2.24, 2.45) is 0 Å². The Kier molecular flexibility index (Phi) is 5.45. The Bertz CT molecular complexity index is 497. The molecule has 0 radical (unpaired) electrons. The summed E-state index contributed by atoms with van der Waals surface area (Å²) in [6.07, 6.45) is -2.10. The molecule has 0 spiro atoms. The van der Waals surface area contributed by atoms with Crippen molar-refractivity contribution >= 4 is 17.8 Å². The minimum Gasteiger partial charge on any atom is -0.481 e. The quantitative estimate of drug-likeness (QED) is 0.482. The van der Waals surface area contributed by atoms with Crippen LogP contribution in [0.25, 0.3) is 0 Å². The molecule has 20 heavy (non-hydrogen) atoms. The Morgan fingerprint density at radius 3 is 2.45 bits per heavy atom. The van der Waals surface area contributed by atoms with E-state index in [0.29, 0.717) is 5.56 Å². The maximum Gasteiger partial charge on any atom is 0.508 e. The van der Waals surface area contributed by atoms with Gasteiger partial charge in [0.05, 0.1) is 11.3 Å². The Hall–Kier alpha value is -2.64. The van der Waals surface area contributed by atoms with Crippen LogP contribution in [0.5, 0.6) is 0 Å². The van der Waals surface area contributed by atoms with Gasteiger partial charge in [0.1, 0.15) is 12.7 Å². The number of carboxylic acid groups (broad SMARTS) is 1. The molecule has 108 valence electrons. The lowest BCUT2D eigenvalue weighted by Gasteiger charge is -2.11. The largest absolute Gasteiger partial charge is 0.508 e. The molecular formula is C12H13NO7. The van der Waals surface area contributed by atoms with Crippen LogP contribution in [0.15, 0.2) is 24.3 Å². The average molecular weight is 283 g/mol. The van der Waals surface area contributed by atoms with E-state index in [1.165, 1.54) is 31.2 Å². The number of carbonyl (C=O) groups excluding carboxylic acids is 1. The molecule has 0 amide bonds. The van der Waals surface area contributed by atoms with E-state index >= 15 is 0 Å². The molecule has 1 aromatic rings. The van der Waals surface area contributed by atoms with Gasteiger partial charge in [-0.3, -0.25) is 14.9 Å². The number of non-ortho nitro benzene ring substituents is 1. The molecule has 1 aromatic carbocycles. The second-order valence-electron chi connectivity index (χ2n) is 3.99. The Labute approximate surface area is 114 Å². The van der Waals surface area contributed by atoms with Gasteiger partial charge in [-0.1, -0.05) is 0 Å². The number of carbonyl (C=O) groups is 2. The zero-order valence-corrected chi connectivity index (χ0v) is 10.6. The third-order valence-electron chi connectivity index (χ3n) is 2.26. The molecule has 0 heterocycles. The lowest BCUT2D eigenvalue weighted by Crippen LogP contribution is -2.19. The molecule has 8 heteroatoms. The highest BCUT2D eigenvalue weighted by atomic mass is 16.7. The maximum absolute atomic E-state index is 11.2. The second-order valence-corrected chi connectivity index (χ2v) is 3.99. The smallest absolute Gasteiger partial charge is 0.481 e. The van der Waals surface area contributed by atoms with Crippen molar-refractivity contribution in [3.63, 3.8) is 0 Å². The molecule has 0 aliphatic carbocycles. The maximum atomic E-state index is 11.2. The molecular weight excluding hydrogens is 270 g/mol. The summed E-state index contributed by atoms with van der Waals surface area (Å²) >= 11 is 0. The molecule has 1 atom stereocenters. The van der Waals surface area contributed by atoms with Crippen LogP contribution >= 0.6 is 0 Å². The van der Waals surface area contributed by atoms with Crippen LogP contribution in [-0.4, -0.2) is 28.3 Å². The van der Waals surface area contributed by atoms with Crippen molar-refractivity contribution in [2.45, 2.75) is 26.1 Å². The first kappa shape index (κ1) is 15.4. The molecule has 1 N–H and O–H groups in total. The van der Waals surface area contributed by atoms with Crippen LogP contribution in [0.1, 0.15) is 18.9 Å². The number of rotatable bonds is 6. The highest BCUT2D eigenvalue weighted by molar-refractivity contribution is 5.68. The van der Waals surface area contributed by atoms with Gasteiger partial charge in [-0.15, -0.1) is 0 Å². The monoisotopic (exact) mass is 283 g/mol. The number of nitro groups is 1. The summed E-state index contributed by atoms with van der Waals surface area (Å²) in [5, 5.41) is 18.9. The summed E-state index contributed by atoms with van der Waals surface area (Å²) in [6, 6.07) is 5.48. The minimum absolute atomic E-state index is 0.0635. The van der Waals surface area contributed by atoms with Crippen LogP contribution in [0.4, 0.5) is 10.5 Å². The molecule has 8 nitrogen and oxygen atoms in total. The van der Waals surface area contributed by atoms with Gasteiger partial charge < -0.3 is 14.6 Å². The average Bonchev–Trinajstić information content (AvgIpc) is 2.35. The molecule has 0 saturated heterocycles. The van der Waals surface area contributed by atoms with Crippen molar-refractivity contribution in [2.75, 3.05) is 0 Å². The number of aliphatic carboxylic acids is 1. The molecule has 0 saturated carbocycles. The third-order valence-corrected chi connectivity index (χ3v) is 2.26. The first-order valence-corrected chi connectivity index (χ1v) is 5.67. The number of ether oxygens (including phenoxy) is 2. The van der Waals surface area contributed by atoms with Crippen LogP contribution in [0, 0.1) is 10.1 Å². The van der Waals surface area contributed by atoms with Crippen LogP contribution in [0.2, 0.25) is 0 Å². The van der Waals surface area contributed by atoms with Crippen molar-refractivity contribution in [3.05, 3.63) is 39.9 Å². The summed E-state index contributed by atoms with van der Waals surface area (Å²) < 4.78 is 9.45. The lowest BCUT2D eigenvalue weighted by atomic mass is 10.2. The van der Waals surface area contributed by atoms with Gasteiger partial charge in [0.25, 0.3) is 5.69 Å². The van der Waals surface area contributed by atoms with E-state index in [1.54, 1.807) is 0 Å². The fraction of sp³-hybridized carbons (Fsp3) is 0.333. The third kappa shape index (κ3) is 5.34. The molecule has 0 bridgehead atoms. The lowest BCUT2D eigenvalue weighted by molar-refractivity contribution is -0.384. The van der Waals surface area contributed by atoms with Crippen molar-refractivity contribution in [1.82, 2.24) is 0 Å². The van der Waals surface area contributed by atoms with Gasteiger partial charge in [0.2, 0.25) is 0 Å². The van der Waals surface area contributed by atoms with E-state index < -0.39 is 23.2 Å². The van der Waals surface area contributed by atoms with Crippen molar-refractivity contribution in [3.8, 4) is 0 Å². The predicted molar refractivity (Wildman–Crippen MR) is 66.1 cm³/mol. The van der Waals surface area contributed by atoms with Gasteiger partial charge in [-0.05, 0) is 24.6 Å². The van der Waals surface area contributed by atoms with Crippen LogP contribution < -0.4 is 0 Å². The summed E-state index contributed by atoms with van der Waals surface area (Å²) in [7, 11) is 0. The molecule has 1 rings (SSSR count). The van der Waals surface area contributed by atoms with Crippen LogP contribution in [0.3, 0.4) is 0 Å². The minimum atomic E-state index is -1.08. The Balaban J connectivity index is 2.40. The summed E-state index contributed by atoms with van der Waals surface area (Å²) in [5.74, 6) is -1.08. The molecule has 0 aromatic heterocycles. The molecule has 0 aliphatic heterocycles. The first-order valence-electron chi connectivity index (χ1n) is 5.67. The van der Waals surface area contributed by atoms with E-state index in [4.69, 9.17) is 14.6 Å². The summed E-state index contributed by atoms with van der Waals surface area (Å²) in [6.45, 7) is 1.32. The van der Waals surface area contributed by atoms with Gasteiger partial charge in [0, 0.05) is 12.1 Å². The topological polar surface area (TPSA) is 116 Å². The SMILES string of the molecule is C[C@@H](CC(=O)O)OC(=O)OCc1ccc([N+](=O)[O-])cc1. The Morgan fingerprint density at radius 2 is 1.95 bits per heavy atom. The van der Waals surface area contributed by atoms with Gasteiger partial charge in [-0.2, -0.15) is 0 Å². The van der Waals surface area contributed by atoms with E-state index in [-0.39, 0.29) is 18.7 Å². The number of nitro benzene ring substituents is 1. The highest BCUT2D eigenvalue weighted by Gasteiger charge is 2.14. The zero-order valence-electron chi connectivity index (χ0n) is 10.6. The number of carboxylic acids is 1. The standard InChI is InChI=1S/C12H13NO7/c1-8(6-11(14)15)20-12(16)19-7-9-2-4-10(5-3-9)13(17)18/h2-5,8H,6-7H2,1H3,(H,14,15)/t8-/m0/s1. The fourth-order valence-electron chi connectivity index (χ4n) is 1.34. The van der Waals surface area contributed by atoms with Crippen molar-refractivity contribution in [1.29, 1.82) is 0 Å². The normalized spacial score (nSPS) is 11.4. The van der Waals surface area contributed by atoms with Gasteiger partial charge in [-0.25, -0.2) is 4.79 Å². The highest BCUT2D eigenvalue weighted by Crippen LogP contribution is 2.13. The number of hydrogen-bond donors (Lipinski definition) is 1. The second kappa shape index (κ2) is 7.07. The fourth-order valence-corrected chi connectivity index (χ4v) is 1.34. The Morgan fingerprint density at radius 1 is 1.35 bits per heavy atom. The van der Waals surface area contributed by atoms with Gasteiger partial charge >= 0.3 is 12.1 Å². The van der Waals surface area contributed by atoms with E-state index in [0.717, 1.165) is 0 Å². The number of benzene rings is 1. The van der Waals surface area contributed by atoms with E-state index in [2.05, 4.69) is 0 Å². The van der Waals surface area contributed by atoms with E-state index in [1.807, 2.05) is 0 Å². The number of hydrogen-bond acceptors (Lipinski definition) is 6. The summed E-state index contributed by atoms with van der Waals surface area (Å²) in [4.78, 5) is 31.5. The predicted octanol–water partition coefficient (Wildman–Crippen LogP) is 2.11. The molecule has 0 unspecified atom stereocenters. The molecule has 0 aliphatic rings. The van der Waals surface area contributed by atoms with E-state index in [9.17, 15) is 19.7 Å².